The summed E-state index contributed by atoms with van der Waals surface area (Å²) < 4.78 is 5.96. The van der Waals surface area contributed by atoms with E-state index in [0.29, 0.717) is 24.5 Å². The second-order valence-electron chi connectivity index (χ2n) is 5.04. The van der Waals surface area contributed by atoms with E-state index < -0.39 is 0 Å². The molecule has 2 heteroatoms. The van der Waals surface area contributed by atoms with E-state index >= 15 is 0 Å². The number of benzene rings is 1. The summed E-state index contributed by atoms with van der Waals surface area (Å²) >= 11 is 0. The Labute approximate surface area is 96.2 Å². The zero-order chi connectivity index (χ0) is 11.0. The first kappa shape index (κ1) is 10.3. The number of rotatable bonds is 3. The molecule has 0 aromatic heterocycles. The van der Waals surface area contributed by atoms with Gasteiger partial charge in [-0.3, -0.25) is 0 Å². The molecule has 2 aliphatic carbocycles. The predicted molar refractivity (Wildman–Crippen MR) is 61.9 cm³/mol. The van der Waals surface area contributed by atoms with Crippen LogP contribution in [0.5, 0.6) is 0 Å². The van der Waals surface area contributed by atoms with Crippen LogP contribution in [0.3, 0.4) is 0 Å². The number of hydrogen-bond acceptors (Lipinski definition) is 2. The van der Waals surface area contributed by atoms with Crippen LogP contribution in [0.1, 0.15) is 24.8 Å². The van der Waals surface area contributed by atoms with Crippen molar-refractivity contribution >= 4 is 0 Å². The minimum atomic E-state index is -0.0541. The summed E-state index contributed by atoms with van der Waals surface area (Å²) in [6.45, 7) is 0.713. The fraction of sp³-hybridized carbons (Fsp3) is 0.571. The van der Waals surface area contributed by atoms with E-state index in [2.05, 4.69) is 12.1 Å². The summed E-state index contributed by atoms with van der Waals surface area (Å²) in [7, 11) is 0. The van der Waals surface area contributed by atoms with E-state index in [0.717, 1.165) is 12.8 Å². The van der Waals surface area contributed by atoms with Crippen LogP contribution in [-0.2, 0) is 11.3 Å². The van der Waals surface area contributed by atoms with E-state index in [1.165, 1.54) is 12.0 Å². The summed E-state index contributed by atoms with van der Waals surface area (Å²) in [5, 5.41) is 9.67. The Morgan fingerprint density at radius 2 is 1.94 bits per heavy atom. The van der Waals surface area contributed by atoms with Gasteiger partial charge in [0.15, 0.2) is 0 Å². The first-order valence-corrected chi connectivity index (χ1v) is 6.18. The SMILES string of the molecule is O[C@H]1CC[C@H](OCc2ccccc2)[C@@H]2C[C@@H]21. The molecule has 2 saturated carbocycles. The van der Waals surface area contributed by atoms with Crippen molar-refractivity contribution in [2.24, 2.45) is 11.8 Å². The second-order valence-corrected chi connectivity index (χ2v) is 5.04. The summed E-state index contributed by atoms with van der Waals surface area (Å²) in [6, 6.07) is 10.3. The topological polar surface area (TPSA) is 29.5 Å². The van der Waals surface area contributed by atoms with Crippen molar-refractivity contribution in [3.8, 4) is 0 Å². The first-order chi connectivity index (χ1) is 7.84. The third-order valence-electron chi connectivity index (χ3n) is 3.92. The average molecular weight is 218 g/mol. The van der Waals surface area contributed by atoms with Crippen LogP contribution in [0.4, 0.5) is 0 Å². The zero-order valence-corrected chi connectivity index (χ0v) is 9.38. The van der Waals surface area contributed by atoms with Crippen molar-refractivity contribution in [1.82, 2.24) is 0 Å². The van der Waals surface area contributed by atoms with Gasteiger partial charge < -0.3 is 9.84 Å². The molecule has 2 fully saturated rings. The lowest BCUT2D eigenvalue weighted by molar-refractivity contribution is -0.0198. The average Bonchev–Trinajstić information content (AvgIpc) is 3.11. The molecule has 2 nitrogen and oxygen atoms in total. The second kappa shape index (κ2) is 4.19. The van der Waals surface area contributed by atoms with E-state index in [1.54, 1.807) is 0 Å². The molecular weight excluding hydrogens is 200 g/mol. The smallest absolute Gasteiger partial charge is 0.0720 e. The van der Waals surface area contributed by atoms with Crippen molar-refractivity contribution in [3.05, 3.63) is 35.9 Å². The van der Waals surface area contributed by atoms with Gasteiger partial charge in [-0.2, -0.15) is 0 Å². The van der Waals surface area contributed by atoms with Crippen molar-refractivity contribution in [2.75, 3.05) is 0 Å². The highest BCUT2D eigenvalue weighted by atomic mass is 16.5. The van der Waals surface area contributed by atoms with Crippen LogP contribution in [0.25, 0.3) is 0 Å². The van der Waals surface area contributed by atoms with E-state index in [4.69, 9.17) is 4.74 Å². The number of fused-ring (bicyclic) bond motifs is 1. The number of aliphatic hydroxyl groups excluding tert-OH is 1. The van der Waals surface area contributed by atoms with Gasteiger partial charge in [-0.05, 0) is 36.7 Å². The van der Waals surface area contributed by atoms with Gasteiger partial charge in [0.05, 0.1) is 18.8 Å². The van der Waals surface area contributed by atoms with Gasteiger partial charge in [-0.15, -0.1) is 0 Å². The van der Waals surface area contributed by atoms with Gasteiger partial charge in [-0.25, -0.2) is 0 Å². The van der Waals surface area contributed by atoms with Gasteiger partial charge in [0.1, 0.15) is 0 Å². The Kier molecular flexibility index (Phi) is 2.70. The highest BCUT2D eigenvalue weighted by Gasteiger charge is 2.50. The molecule has 0 aliphatic heterocycles. The molecule has 0 unspecified atom stereocenters. The van der Waals surface area contributed by atoms with Gasteiger partial charge >= 0.3 is 0 Å². The Hall–Kier alpha value is -0.860. The predicted octanol–water partition coefficient (Wildman–Crippen LogP) is 2.36. The highest BCUT2D eigenvalue weighted by Crippen LogP contribution is 2.50. The maximum absolute atomic E-state index is 9.67. The van der Waals surface area contributed by atoms with Crippen molar-refractivity contribution in [1.29, 1.82) is 0 Å². The lowest BCUT2D eigenvalue weighted by Crippen LogP contribution is -2.27. The number of hydrogen-bond donors (Lipinski definition) is 1. The summed E-state index contributed by atoms with van der Waals surface area (Å²) in [4.78, 5) is 0. The zero-order valence-electron chi connectivity index (χ0n) is 9.38. The number of aliphatic hydroxyl groups is 1. The Bertz CT molecular complexity index is 349. The van der Waals surface area contributed by atoms with Crippen LogP contribution in [-0.4, -0.2) is 17.3 Å². The Balaban J connectivity index is 1.53. The van der Waals surface area contributed by atoms with Gasteiger partial charge in [0, 0.05) is 0 Å². The standard InChI is InChI=1S/C14H18O2/c15-13-6-7-14(12-8-11(12)13)16-9-10-4-2-1-3-5-10/h1-5,11-15H,6-9H2/t11-,12+,13-,14-/m0/s1. The van der Waals surface area contributed by atoms with Crippen molar-refractivity contribution in [2.45, 2.75) is 38.1 Å². The fourth-order valence-electron chi connectivity index (χ4n) is 2.85. The monoisotopic (exact) mass is 218 g/mol. The van der Waals surface area contributed by atoms with E-state index in [9.17, 15) is 5.11 Å². The number of ether oxygens (including phenoxy) is 1. The third kappa shape index (κ3) is 2.00. The molecule has 4 atom stereocenters. The molecule has 1 aromatic carbocycles. The Morgan fingerprint density at radius 1 is 1.12 bits per heavy atom. The minimum Gasteiger partial charge on any atom is -0.393 e. The van der Waals surface area contributed by atoms with Gasteiger partial charge in [-0.1, -0.05) is 30.3 Å². The molecule has 0 amide bonds. The van der Waals surface area contributed by atoms with Gasteiger partial charge in [0.2, 0.25) is 0 Å². The largest absolute Gasteiger partial charge is 0.393 e. The molecule has 2 aliphatic rings. The van der Waals surface area contributed by atoms with Crippen molar-refractivity contribution in [3.63, 3.8) is 0 Å². The van der Waals surface area contributed by atoms with Crippen LogP contribution < -0.4 is 0 Å². The Morgan fingerprint density at radius 3 is 2.75 bits per heavy atom. The minimum absolute atomic E-state index is 0.0541. The van der Waals surface area contributed by atoms with Crippen LogP contribution in [0.15, 0.2) is 30.3 Å². The quantitative estimate of drug-likeness (QED) is 0.844. The third-order valence-corrected chi connectivity index (χ3v) is 3.92. The lowest BCUT2D eigenvalue weighted by atomic mass is 9.95. The van der Waals surface area contributed by atoms with E-state index in [-0.39, 0.29) is 6.10 Å². The molecule has 0 spiro atoms. The first-order valence-electron chi connectivity index (χ1n) is 6.18. The van der Waals surface area contributed by atoms with E-state index in [1.807, 2.05) is 18.2 Å². The summed E-state index contributed by atoms with van der Waals surface area (Å²) in [6.07, 6.45) is 3.44. The fourth-order valence-corrected chi connectivity index (χ4v) is 2.85. The molecule has 0 bridgehead atoms. The van der Waals surface area contributed by atoms with Gasteiger partial charge in [0.25, 0.3) is 0 Å². The molecular formula is C14H18O2. The van der Waals surface area contributed by atoms with Crippen LogP contribution >= 0.6 is 0 Å². The molecule has 1 aromatic rings. The molecule has 0 saturated heterocycles. The van der Waals surface area contributed by atoms with Crippen LogP contribution in [0, 0.1) is 11.8 Å². The molecule has 1 N–H and O–H groups in total. The highest BCUT2D eigenvalue weighted by molar-refractivity contribution is 5.13. The normalized spacial score (nSPS) is 36.8. The molecule has 16 heavy (non-hydrogen) atoms. The van der Waals surface area contributed by atoms with Crippen LogP contribution in [0.2, 0.25) is 0 Å². The van der Waals surface area contributed by atoms with Crippen molar-refractivity contribution < 1.29 is 9.84 Å². The molecule has 86 valence electrons. The maximum atomic E-state index is 9.67. The maximum Gasteiger partial charge on any atom is 0.0720 e. The molecule has 0 radical (unpaired) electrons. The molecule has 0 heterocycles. The summed E-state index contributed by atoms with van der Waals surface area (Å²) in [5.41, 5.74) is 1.24. The lowest BCUT2D eigenvalue weighted by Gasteiger charge is -2.25. The summed E-state index contributed by atoms with van der Waals surface area (Å²) in [5.74, 6) is 1.17. The molecule has 3 rings (SSSR count).